The SMILES string of the molecule is Cc1cc(-c2nc(C)c(CNC3CC3)s2)ccc1F. The van der Waals surface area contributed by atoms with E-state index in [1.54, 1.807) is 24.3 Å². The Kier molecular flexibility index (Phi) is 3.37. The Balaban J connectivity index is 1.83. The zero-order chi connectivity index (χ0) is 13.4. The normalized spacial score (nSPS) is 14.9. The zero-order valence-electron chi connectivity index (χ0n) is 11.2. The van der Waals surface area contributed by atoms with Crippen LogP contribution in [0.4, 0.5) is 4.39 Å². The molecule has 0 aliphatic heterocycles. The Labute approximate surface area is 116 Å². The summed E-state index contributed by atoms with van der Waals surface area (Å²) in [6, 6.07) is 5.89. The highest BCUT2D eigenvalue weighted by Crippen LogP contribution is 2.29. The number of benzene rings is 1. The summed E-state index contributed by atoms with van der Waals surface area (Å²) in [5, 5.41) is 4.49. The molecule has 0 radical (unpaired) electrons. The first kappa shape index (κ1) is 12.8. The summed E-state index contributed by atoms with van der Waals surface area (Å²) in [6.07, 6.45) is 2.59. The molecular formula is C15H17FN2S. The van der Waals surface area contributed by atoms with Gasteiger partial charge in [-0.2, -0.15) is 0 Å². The van der Waals surface area contributed by atoms with Gasteiger partial charge in [0.15, 0.2) is 0 Å². The van der Waals surface area contributed by atoms with E-state index < -0.39 is 0 Å². The number of aromatic nitrogens is 1. The third-order valence-corrected chi connectivity index (χ3v) is 4.63. The smallest absolute Gasteiger partial charge is 0.126 e. The van der Waals surface area contributed by atoms with Crippen molar-refractivity contribution in [1.29, 1.82) is 0 Å². The third kappa shape index (κ3) is 2.85. The first-order chi connectivity index (χ1) is 9.13. The molecule has 1 aliphatic carbocycles. The van der Waals surface area contributed by atoms with Crippen LogP contribution in [0.5, 0.6) is 0 Å². The minimum Gasteiger partial charge on any atom is -0.309 e. The van der Waals surface area contributed by atoms with Crippen LogP contribution in [0.2, 0.25) is 0 Å². The lowest BCUT2D eigenvalue weighted by molar-refractivity contribution is 0.619. The van der Waals surface area contributed by atoms with Crippen molar-refractivity contribution in [3.63, 3.8) is 0 Å². The van der Waals surface area contributed by atoms with Crippen molar-refractivity contribution in [3.8, 4) is 10.6 Å². The monoisotopic (exact) mass is 276 g/mol. The summed E-state index contributed by atoms with van der Waals surface area (Å²) < 4.78 is 13.3. The Hall–Kier alpha value is -1.26. The summed E-state index contributed by atoms with van der Waals surface area (Å²) >= 11 is 1.70. The van der Waals surface area contributed by atoms with Crippen molar-refractivity contribution < 1.29 is 4.39 Å². The number of hydrogen-bond acceptors (Lipinski definition) is 3. The van der Waals surface area contributed by atoms with Crippen LogP contribution in [-0.4, -0.2) is 11.0 Å². The molecule has 0 amide bonds. The number of nitrogens with zero attached hydrogens (tertiary/aromatic N) is 1. The summed E-state index contributed by atoms with van der Waals surface area (Å²) in [5.74, 6) is -0.160. The predicted molar refractivity (Wildman–Crippen MR) is 76.8 cm³/mol. The highest BCUT2D eigenvalue weighted by atomic mass is 32.1. The maximum atomic E-state index is 13.3. The standard InChI is InChI=1S/C15H17FN2S/c1-9-7-11(3-6-13(9)16)15-18-10(2)14(19-15)8-17-12-4-5-12/h3,6-7,12,17H,4-5,8H2,1-2H3. The van der Waals surface area contributed by atoms with E-state index in [2.05, 4.69) is 10.3 Å². The van der Waals surface area contributed by atoms with Gasteiger partial charge in [-0.05, 0) is 50.5 Å². The van der Waals surface area contributed by atoms with E-state index in [0.717, 1.165) is 22.8 Å². The van der Waals surface area contributed by atoms with E-state index >= 15 is 0 Å². The van der Waals surface area contributed by atoms with Crippen molar-refractivity contribution in [3.05, 3.63) is 40.2 Å². The molecule has 1 fully saturated rings. The second-order valence-corrected chi connectivity index (χ2v) is 6.23. The van der Waals surface area contributed by atoms with Crippen LogP contribution in [0.3, 0.4) is 0 Å². The summed E-state index contributed by atoms with van der Waals surface area (Å²) in [5.41, 5.74) is 2.75. The highest BCUT2D eigenvalue weighted by Gasteiger charge is 2.21. The van der Waals surface area contributed by atoms with Gasteiger partial charge in [-0.25, -0.2) is 9.37 Å². The zero-order valence-corrected chi connectivity index (χ0v) is 12.0. The summed E-state index contributed by atoms with van der Waals surface area (Å²) in [7, 11) is 0. The first-order valence-corrected chi connectivity index (χ1v) is 7.41. The molecule has 3 rings (SSSR count). The molecule has 0 atom stereocenters. The molecule has 1 aromatic heterocycles. The lowest BCUT2D eigenvalue weighted by Gasteiger charge is -2.00. The Morgan fingerprint density at radius 2 is 2.16 bits per heavy atom. The molecule has 0 unspecified atom stereocenters. The largest absolute Gasteiger partial charge is 0.309 e. The second kappa shape index (κ2) is 5.02. The van der Waals surface area contributed by atoms with Crippen molar-refractivity contribution >= 4 is 11.3 Å². The van der Waals surface area contributed by atoms with Gasteiger partial charge in [0.05, 0.1) is 5.69 Å². The fourth-order valence-corrected chi connectivity index (χ4v) is 3.03. The van der Waals surface area contributed by atoms with Crippen LogP contribution >= 0.6 is 11.3 Å². The molecule has 4 heteroatoms. The van der Waals surface area contributed by atoms with Gasteiger partial charge < -0.3 is 5.32 Å². The van der Waals surface area contributed by atoms with E-state index in [1.165, 1.54) is 23.8 Å². The van der Waals surface area contributed by atoms with Crippen molar-refractivity contribution in [2.45, 2.75) is 39.3 Å². The molecule has 1 heterocycles. The first-order valence-electron chi connectivity index (χ1n) is 6.59. The van der Waals surface area contributed by atoms with E-state index in [-0.39, 0.29) is 5.82 Å². The third-order valence-electron chi connectivity index (χ3n) is 3.43. The molecule has 2 aromatic rings. The van der Waals surface area contributed by atoms with Gasteiger partial charge in [-0.15, -0.1) is 11.3 Å². The molecule has 0 saturated heterocycles. The van der Waals surface area contributed by atoms with Crippen LogP contribution in [-0.2, 0) is 6.54 Å². The molecule has 0 bridgehead atoms. The molecule has 1 aliphatic rings. The molecule has 19 heavy (non-hydrogen) atoms. The summed E-state index contributed by atoms with van der Waals surface area (Å²) in [6.45, 7) is 4.73. The molecular weight excluding hydrogens is 259 g/mol. The second-order valence-electron chi connectivity index (χ2n) is 5.15. The number of nitrogens with one attached hydrogen (secondary N) is 1. The summed E-state index contributed by atoms with van der Waals surface area (Å²) in [4.78, 5) is 5.89. The molecule has 1 saturated carbocycles. The fourth-order valence-electron chi connectivity index (χ4n) is 2.02. The number of aryl methyl sites for hydroxylation is 2. The van der Waals surface area contributed by atoms with Gasteiger partial charge in [0.2, 0.25) is 0 Å². The van der Waals surface area contributed by atoms with Crippen LogP contribution < -0.4 is 5.32 Å². The molecule has 1 N–H and O–H groups in total. The van der Waals surface area contributed by atoms with Crippen molar-refractivity contribution in [2.75, 3.05) is 0 Å². The minimum atomic E-state index is -0.160. The molecule has 0 spiro atoms. The quantitative estimate of drug-likeness (QED) is 0.918. The van der Waals surface area contributed by atoms with Gasteiger partial charge >= 0.3 is 0 Å². The van der Waals surface area contributed by atoms with Crippen LogP contribution in [0.25, 0.3) is 10.6 Å². The topological polar surface area (TPSA) is 24.9 Å². The van der Waals surface area contributed by atoms with E-state index in [9.17, 15) is 4.39 Å². The van der Waals surface area contributed by atoms with Gasteiger partial charge in [0.25, 0.3) is 0 Å². The van der Waals surface area contributed by atoms with Gasteiger partial charge in [0, 0.05) is 23.0 Å². The van der Waals surface area contributed by atoms with E-state index in [0.29, 0.717) is 11.6 Å². The van der Waals surface area contributed by atoms with Crippen molar-refractivity contribution in [1.82, 2.24) is 10.3 Å². The maximum Gasteiger partial charge on any atom is 0.126 e. The number of halogens is 1. The Bertz CT molecular complexity index is 602. The minimum absolute atomic E-state index is 0.160. The molecule has 1 aromatic carbocycles. The van der Waals surface area contributed by atoms with Crippen LogP contribution in [0.1, 0.15) is 29.0 Å². The van der Waals surface area contributed by atoms with Crippen LogP contribution in [0.15, 0.2) is 18.2 Å². The predicted octanol–water partition coefficient (Wildman–Crippen LogP) is 3.82. The average Bonchev–Trinajstić information content (AvgIpc) is 3.14. The number of thiazole rings is 1. The van der Waals surface area contributed by atoms with Crippen LogP contribution in [0, 0.1) is 19.7 Å². The van der Waals surface area contributed by atoms with E-state index in [4.69, 9.17) is 0 Å². The van der Waals surface area contributed by atoms with Gasteiger partial charge in [-0.1, -0.05) is 0 Å². The lowest BCUT2D eigenvalue weighted by Crippen LogP contribution is -2.14. The average molecular weight is 276 g/mol. The van der Waals surface area contributed by atoms with Crippen molar-refractivity contribution in [2.24, 2.45) is 0 Å². The van der Waals surface area contributed by atoms with Gasteiger partial charge in [-0.3, -0.25) is 0 Å². The number of rotatable bonds is 4. The fraction of sp³-hybridized carbons (Fsp3) is 0.400. The number of hydrogen-bond donors (Lipinski definition) is 1. The lowest BCUT2D eigenvalue weighted by atomic mass is 10.1. The van der Waals surface area contributed by atoms with E-state index in [1.807, 2.05) is 13.0 Å². The molecule has 2 nitrogen and oxygen atoms in total. The maximum absolute atomic E-state index is 13.3. The highest BCUT2D eigenvalue weighted by molar-refractivity contribution is 7.15. The Morgan fingerprint density at radius 1 is 1.37 bits per heavy atom. The van der Waals surface area contributed by atoms with Gasteiger partial charge in [0.1, 0.15) is 10.8 Å². The molecule has 100 valence electrons. The Morgan fingerprint density at radius 3 is 2.84 bits per heavy atom.